The number of rotatable bonds is 6. The van der Waals surface area contributed by atoms with Crippen molar-refractivity contribution < 1.29 is 4.79 Å². The van der Waals surface area contributed by atoms with Gasteiger partial charge in [-0.1, -0.05) is 24.1 Å². The van der Waals surface area contributed by atoms with Gasteiger partial charge in [0.05, 0.1) is 22.3 Å². The maximum Gasteiger partial charge on any atom is 0.252 e. The number of halogens is 1. The van der Waals surface area contributed by atoms with Crippen LogP contribution in [0.3, 0.4) is 0 Å². The number of carbonyl (C=O) groups excluding carboxylic acids is 1. The van der Waals surface area contributed by atoms with Crippen LogP contribution >= 0.6 is 11.6 Å². The molecule has 0 aliphatic carbocycles. The molecule has 3 heterocycles. The van der Waals surface area contributed by atoms with Gasteiger partial charge < -0.3 is 10.2 Å². The number of aromatic nitrogens is 3. The van der Waals surface area contributed by atoms with Crippen LogP contribution in [0.5, 0.6) is 0 Å². The number of fused-ring (bicyclic) bond motifs is 1. The number of hydrogen-bond donors (Lipinski definition) is 1. The molecule has 170 valence electrons. The van der Waals surface area contributed by atoms with E-state index in [1.54, 1.807) is 4.68 Å². The van der Waals surface area contributed by atoms with E-state index in [9.17, 15) is 4.79 Å². The van der Waals surface area contributed by atoms with Gasteiger partial charge in [0, 0.05) is 29.8 Å². The van der Waals surface area contributed by atoms with Crippen molar-refractivity contribution in [2.45, 2.75) is 59.4 Å². The maximum absolute atomic E-state index is 13.1. The lowest BCUT2D eigenvalue weighted by molar-refractivity contribution is 0.0950. The normalized spacial score (nSPS) is 17.1. The molecule has 0 unspecified atom stereocenters. The molecule has 0 bridgehead atoms. The molecule has 1 amide bonds. The summed E-state index contributed by atoms with van der Waals surface area (Å²) in [4.78, 5) is 20.4. The zero-order valence-corrected chi connectivity index (χ0v) is 20.2. The molecule has 3 aromatic rings. The predicted octanol–water partition coefficient (Wildman–Crippen LogP) is 4.99. The number of likely N-dealkylation sites (tertiary alicyclic amines) is 1. The Morgan fingerprint density at radius 2 is 2.06 bits per heavy atom. The molecule has 1 atom stereocenters. The molecule has 6 nitrogen and oxygen atoms in total. The summed E-state index contributed by atoms with van der Waals surface area (Å²) < 4.78 is 1.80. The van der Waals surface area contributed by atoms with E-state index in [-0.39, 0.29) is 5.91 Å². The van der Waals surface area contributed by atoms with E-state index in [2.05, 4.69) is 17.1 Å². The second-order valence-corrected chi connectivity index (χ2v) is 9.29. The molecular weight excluding hydrogens is 422 g/mol. The first-order valence-electron chi connectivity index (χ1n) is 11.5. The Morgan fingerprint density at radius 1 is 1.25 bits per heavy atom. The summed E-state index contributed by atoms with van der Waals surface area (Å²) >= 11 is 6.34. The fourth-order valence-corrected chi connectivity index (χ4v) is 4.83. The minimum atomic E-state index is -0.0716. The second kappa shape index (κ2) is 9.59. The second-order valence-electron chi connectivity index (χ2n) is 8.88. The van der Waals surface area contributed by atoms with Crippen LogP contribution in [0.1, 0.15) is 59.9 Å². The van der Waals surface area contributed by atoms with Gasteiger partial charge in [-0.25, -0.2) is 9.67 Å². The van der Waals surface area contributed by atoms with E-state index < -0.39 is 0 Å². The maximum atomic E-state index is 13.1. The summed E-state index contributed by atoms with van der Waals surface area (Å²) in [7, 11) is 0. The minimum Gasteiger partial charge on any atom is -0.352 e. The number of nitrogens with one attached hydrogen (secondary N) is 1. The number of piperidine rings is 1. The van der Waals surface area contributed by atoms with Crippen molar-refractivity contribution in [2.24, 2.45) is 0 Å². The molecule has 2 aromatic heterocycles. The summed E-state index contributed by atoms with van der Waals surface area (Å²) in [6.07, 6.45) is 4.83. The summed E-state index contributed by atoms with van der Waals surface area (Å²) in [5.74, 6) is -0.0716. The number of nitrogens with zero attached hydrogens (tertiary/aromatic N) is 4. The van der Waals surface area contributed by atoms with Crippen molar-refractivity contribution in [3.63, 3.8) is 0 Å². The molecular formula is C25H32ClN5O. The Morgan fingerprint density at radius 3 is 2.84 bits per heavy atom. The molecule has 0 spiro atoms. The van der Waals surface area contributed by atoms with E-state index >= 15 is 0 Å². The van der Waals surface area contributed by atoms with Crippen molar-refractivity contribution in [3.05, 3.63) is 51.8 Å². The van der Waals surface area contributed by atoms with Gasteiger partial charge >= 0.3 is 0 Å². The number of amides is 1. The third kappa shape index (κ3) is 4.52. The average molecular weight is 454 g/mol. The van der Waals surface area contributed by atoms with Crippen LogP contribution < -0.4 is 5.32 Å². The van der Waals surface area contributed by atoms with Gasteiger partial charge in [-0.3, -0.25) is 4.79 Å². The van der Waals surface area contributed by atoms with Gasteiger partial charge in [0.25, 0.3) is 5.91 Å². The summed E-state index contributed by atoms with van der Waals surface area (Å²) in [5.41, 5.74) is 4.67. The van der Waals surface area contributed by atoms with Crippen LogP contribution in [0.25, 0.3) is 16.7 Å². The first kappa shape index (κ1) is 22.7. The molecule has 1 fully saturated rings. The van der Waals surface area contributed by atoms with E-state index in [4.69, 9.17) is 21.7 Å². The first-order valence-corrected chi connectivity index (χ1v) is 11.9. The molecule has 1 saturated heterocycles. The number of benzene rings is 1. The third-order valence-electron chi connectivity index (χ3n) is 6.50. The van der Waals surface area contributed by atoms with E-state index in [0.29, 0.717) is 28.8 Å². The van der Waals surface area contributed by atoms with E-state index in [1.807, 2.05) is 45.0 Å². The lowest BCUT2D eigenvalue weighted by Gasteiger charge is -2.33. The molecule has 4 rings (SSSR count). The van der Waals surface area contributed by atoms with Gasteiger partial charge in [-0.15, -0.1) is 0 Å². The Balaban J connectivity index is 1.56. The fourth-order valence-electron chi connectivity index (χ4n) is 4.66. The van der Waals surface area contributed by atoms with Crippen LogP contribution in [0, 0.1) is 20.8 Å². The van der Waals surface area contributed by atoms with Crippen molar-refractivity contribution in [3.8, 4) is 5.69 Å². The monoisotopic (exact) mass is 453 g/mol. The molecule has 0 saturated carbocycles. The van der Waals surface area contributed by atoms with Crippen molar-refractivity contribution in [1.82, 2.24) is 25.0 Å². The molecule has 1 aliphatic rings. The van der Waals surface area contributed by atoms with Crippen LogP contribution in [-0.4, -0.2) is 51.2 Å². The Kier molecular flexibility index (Phi) is 6.82. The minimum absolute atomic E-state index is 0.0716. The number of carbonyl (C=O) groups is 1. The van der Waals surface area contributed by atoms with Crippen molar-refractivity contribution in [1.29, 1.82) is 0 Å². The number of aryl methyl sites for hydroxylation is 2. The van der Waals surface area contributed by atoms with Gasteiger partial charge in [-0.2, -0.15) is 5.10 Å². The summed E-state index contributed by atoms with van der Waals surface area (Å²) in [5, 5.41) is 9.31. The number of hydrogen-bond acceptors (Lipinski definition) is 4. The van der Waals surface area contributed by atoms with Crippen LogP contribution in [0.15, 0.2) is 24.3 Å². The highest BCUT2D eigenvalue weighted by molar-refractivity contribution is 6.31. The topological polar surface area (TPSA) is 63.1 Å². The smallest absolute Gasteiger partial charge is 0.252 e. The van der Waals surface area contributed by atoms with Crippen molar-refractivity contribution in [2.75, 3.05) is 19.6 Å². The van der Waals surface area contributed by atoms with Crippen LogP contribution in [-0.2, 0) is 0 Å². The fraction of sp³-hybridized carbons (Fsp3) is 0.480. The first-order chi connectivity index (χ1) is 15.4. The highest BCUT2D eigenvalue weighted by Crippen LogP contribution is 2.28. The molecule has 0 radical (unpaired) electrons. The predicted molar refractivity (Wildman–Crippen MR) is 130 cm³/mol. The molecule has 7 heteroatoms. The Bertz CT molecular complexity index is 1140. The molecule has 32 heavy (non-hydrogen) atoms. The largest absolute Gasteiger partial charge is 0.352 e. The molecule has 1 aromatic carbocycles. The van der Waals surface area contributed by atoms with Crippen LogP contribution in [0.2, 0.25) is 5.02 Å². The molecule has 1 N–H and O–H groups in total. The third-order valence-corrected chi connectivity index (χ3v) is 6.91. The lowest BCUT2D eigenvalue weighted by atomic mass is 10.0. The quantitative estimate of drug-likeness (QED) is 0.534. The summed E-state index contributed by atoms with van der Waals surface area (Å²) in [6, 6.07) is 8.24. The van der Waals surface area contributed by atoms with Gasteiger partial charge in [0.2, 0.25) is 0 Å². The molecule has 1 aliphatic heterocycles. The highest BCUT2D eigenvalue weighted by Gasteiger charge is 2.21. The van der Waals surface area contributed by atoms with Crippen molar-refractivity contribution >= 4 is 28.5 Å². The van der Waals surface area contributed by atoms with Gasteiger partial charge in [0.1, 0.15) is 0 Å². The number of pyridine rings is 1. The Hall–Kier alpha value is -2.44. The summed E-state index contributed by atoms with van der Waals surface area (Å²) in [6.45, 7) is 10.9. The zero-order valence-electron chi connectivity index (χ0n) is 19.4. The lowest BCUT2D eigenvalue weighted by Crippen LogP contribution is -2.39. The average Bonchev–Trinajstić information content (AvgIpc) is 3.09. The van der Waals surface area contributed by atoms with E-state index in [0.717, 1.165) is 41.0 Å². The van der Waals surface area contributed by atoms with Gasteiger partial charge in [0.15, 0.2) is 5.65 Å². The highest BCUT2D eigenvalue weighted by atomic mass is 35.5. The Labute approximate surface area is 195 Å². The van der Waals surface area contributed by atoms with Crippen LogP contribution in [0.4, 0.5) is 0 Å². The van der Waals surface area contributed by atoms with Gasteiger partial charge in [-0.05, 0) is 77.3 Å². The SMILES string of the molecule is Cc1cc(C(=O)NCCCN2CCCC[C@@H]2C)c2c(C)nn(-c3cccc(Cl)c3C)c2n1. The standard InChI is InChI=1S/C25H32ClN5O/c1-16-15-20(25(32)27-12-8-14-30-13-6-5-9-17(30)2)23-19(4)29-31(24(23)28-16)22-11-7-10-21(26)18(22)3/h7,10-11,15,17H,5-6,8-9,12-14H2,1-4H3,(H,27,32)/t17-/m0/s1. The van der Waals surface area contributed by atoms with E-state index in [1.165, 1.54) is 25.8 Å². The zero-order chi connectivity index (χ0) is 22.8.